The van der Waals surface area contributed by atoms with Crippen LogP contribution in [-0.4, -0.2) is 44.8 Å². The number of aromatic nitrogens is 2. The first kappa shape index (κ1) is 26.6. The molecule has 2 heterocycles. The molecule has 3 N–H and O–H groups in total. The number of hydrogen-bond acceptors (Lipinski definition) is 6. The van der Waals surface area contributed by atoms with Crippen LogP contribution in [0.4, 0.5) is 11.5 Å². The van der Waals surface area contributed by atoms with Crippen molar-refractivity contribution in [2.45, 2.75) is 52.1 Å². The molecule has 38 heavy (non-hydrogen) atoms. The number of amides is 3. The number of nitrogens with two attached hydrogens (primary N) is 1. The number of nitrogen functional groups attached to an aromatic ring is 1. The van der Waals surface area contributed by atoms with Crippen LogP contribution >= 0.6 is 0 Å². The van der Waals surface area contributed by atoms with Crippen molar-refractivity contribution in [3.63, 3.8) is 0 Å². The van der Waals surface area contributed by atoms with E-state index >= 15 is 0 Å². The van der Waals surface area contributed by atoms with Crippen LogP contribution in [0.5, 0.6) is 0 Å². The number of carbonyl (C=O) groups is 3. The highest BCUT2D eigenvalue weighted by molar-refractivity contribution is 6.23. The maximum atomic E-state index is 14.3. The van der Waals surface area contributed by atoms with Crippen LogP contribution in [-0.2, 0) is 17.8 Å². The molecule has 0 bridgehead atoms. The van der Waals surface area contributed by atoms with Gasteiger partial charge in [-0.25, -0.2) is 4.79 Å². The third-order valence-electron chi connectivity index (χ3n) is 6.63. The molecule has 198 valence electrons. The predicted octanol–water partition coefficient (Wildman–Crippen LogP) is 2.57. The zero-order chi connectivity index (χ0) is 27.4. The third kappa shape index (κ3) is 4.89. The van der Waals surface area contributed by atoms with Crippen LogP contribution in [0.25, 0.3) is 0 Å². The van der Waals surface area contributed by atoms with Gasteiger partial charge in [0.2, 0.25) is 0 Å². The molecule has 4 rings (SSSR count). The number of benzene rings is 2. The summed E-state index contributed by atoms with van der Waals surface area (Å²) < 4.78 is 1.22. The van der Waals surface area contributed by atoms with Crippen LogP contribution in [0, 0.1) is 0 Å². The Morgan fingerprint density at radius 1 is 0.921 bits per heavy atom. The molecule has 1 aliphatic rings. The van der Waals surface area contributed by atoms with Gasteiger partial charge < -0.3 is 10.6 Å². The van der Waals surface area contributed by atoms with Crippen LogP contribution in [0.3, 0.4) is 0 Å². The number of H-pyrrole nitrogens is 1. The van der Waals surface area contributed by atoms with E-state index in [0.717, 1.165) is 10.5 Å². The van der Waals surface area contributed by atoms with E-state index in [1.807, 2.05) is 19.9 Å². The van der Waals surface area contributed by atoms with Crippen molar-refractivity contribution in [1.29, 1.82) is 0 Å². The lowest BCUT2D eigenvalue weighted by Crippen LogP contribution is -2.54. The van der Waals surface area contributed by atoms with Gasteiger partial charge in [0.05, 0.1) is 11.1 Å². The minimum Gasteiger partial charge on any atom is -0.383 e. The standard InChI is InChI=1S/C28H31N5O5/c1-3-5-16-31(22-23(29)32(15-4-2)28(38)30-24(22)34)27(37)21(17-18-11-7-6-8-12-18)33-25(35)19-13-9-10-14-20(19)26(33)36/h6-14,21H,3-5,15-17,29H2,1-2H3,(H,30,34,38)/t21-/m0/s1. The van der Waals surface area contributed by atoms with E-state index in [2.05, 4.69) is 4.98 Å². The summed E-state index contributed by atoms with van der Waals surface area (Å²) >= 11 is 0. The Balaban J connectivity index is 1.85. The maximum Gasteiger partial charge on any atom is 0.330 e. The molecule has 0 spiro atoms. The summed E-state index contributed by atoms with van der Waals surface area (Å²) in [6, 6.07) is 14.2. The molecule has 0 saturated carbocycles. The molecule has 3 aromatic rings. The number of unbranched alkanes of at least 4 members (excludes halogenated alkanes) is 1. The van der Waals surface area contributed by atoms with E-state index in [0.29, 0.717) is 19.3 Å². The molecule has 0 unspecified atom stereocenters. The van der Waals surface area contributed by atoms with Gasteiger partial charge in [0.1, 0.15) is 11.9 Å². The molecule has 1 aromatic heterocycles. The summed E-state index contributed by atoms with van der Waals surface area (Å²) in [7, 11) is 0. The monoisotopic (exact) mass is 517 g/mol. The van der Waals surface area contributed by atoms with Gasteiger partial charge in [0.15, 0.2) is 5.69 Å². The lowest BCUT2D eigenvalue weighted by atomic mass is 10.0. The first-order valence-corrected chi connectivity index (χ1v) is 12.7. The van der Waals surface area contributed by atoms with Gasteiger partial charge in [-0.2, -0.15) is 0 Å². The summed E-state index contributed by atoms with van der Waals surface area (Å²) in [5, 5.41) is 0. The second-order valence-electron chi connectivity index (χ2n) is 9.22. The number of fused-ring (bicyclic) bond motifs is 1. The molecule has 3 amide bonds. The zero-order valence-electron chi connectivity index (χ0n) is 21.5. The Kier molecular flexibility index (Phi) is 7.90. The van der Waals surface area contributed by atoms with Crippen LogP contribution in [0.15, 0.2) is 64.2 Å². The van der Waals surface area contributed by atoms with Crippen molar-refractivity contribution in [3.8, 4) is 0 Å². The average Bonchev–Trinajstić information content (AvgIpc) is 3.16. The molecule has 0 radical (unpaired) electrons. The number of hydrogen-bond donors (Lipinski definition) is 2. The van der Waals surface area contributed by atoms with E-state index in [9.17, 15) is 24.0 Å². The molecule has 2 aromatic carbocycles. The normalized spacial score (nSPS) is 13.5. The highest BCUT2D eigenvalue weighted by Crippen LogP contribution is 2.28. The summed E-state index contributed by atoms with van der Waals surface area (Å²) in [5.41, 5.74) is 5.86. The highest BCUT2D eigenvalue weighted by atomic mass is 16.2. The fraction of sp³-hybridized carbons (Fsp3) is 0.321. The van der Waals surface area contributed by atoms with E-state index in [1.165, 1.54) is 9.47 Å². The van der Waals surface area contributed by atoms with Gasteiger partial charge in [-0.15, -0.1) is 0 Å². The molecular weight excluding hydrogens is 486 g/mol. The number of rotatable bonds is 10. The van der Waals surface area contributed by atoms with E-state index in [4.69, 9.17) is 5.73 Å². The van der Waals surface area contributed by atoms with Crippen LogP contribution in [0.2, 0.25) is 0 Å². The molecule has 0 aliphatic carbocycles. The second kappa shape index (κ2) is 11.3. The third-order valence-corrected chi connectivity index (χ3v) is 6.63. The van der Waals surface area contributed by atoms with Gasteiger partial charge in [0.25, 0.3) is 23.3 Å². The van der Waals surface area contributed by atoms with Gasteiger partial charge in [0, 0.05) is 19.5 Å². The lowest BCUT2D eigenvalue weighted by molar-refractivity contribution is -0.122. The average molecular weight is 518 g/mol. The molecular formula is C28H31N5O5. The largest absolute Gasteiger partial charge is 0.383 e. The van der Waals surface area contributed by atoms with E-state index in [1.54, 1.807) is 48.5 Å². The summed E-state index contributed by atoms with van der Waals surface area (Å²) in [4.78, 5) is 71.1. The molecule has 1 aliphatic heterocycles. The highest BCUT2D eigenvalue weighted by Gasteiger charge is 2.44. The topological polar surface area (TPSA) is 139 Å². The Bertz CT molecular complexity index is 1440. The summed E-state index contributed by atoms with van der Waals surface area (Å²) in [6.07, 6.45) is 1.84. The van der Waals surface area contributed by atoms with Crippen molar-refractivity contribution < 1.29 is 14.4 Å². The molecule has 10 heteroatoms. The van der Waals surface area contributed by atoms with Gasteiger partial charge in [-0.1, -0.05) is 62.7 Å². The number of aromatic amines is 1. The Morgan fingerprint density at radius 3 is 2.11 bits per heavy atom. The Labute approximate surface area is 219 Å². The van der Waals surface area contributed by atoms with Crippen LogP contribution < -0.4 is 21.9 Å². The lowest BCUT2D eigenvalue weighted by Gasteiger charge is -2.32. The predicted molar refractivity (Wildman–Crippen MR) is 144 cm³/mol. The first-order valence-electron chi connectivity index (χ1n) is 12.7. The van der Waals surface area contributed by atoms with E-state index in [-0.39, 0.29) is 42.1 Å². The number of carbonyl (C=O) groups excluding carboxylic acids is 3. The van der Waals surface area contributed by atoms with E-state index < -0.39 is 35.0 Å². The number of imide groups is 1. The number of anilines is 2. The minimum atomic E-state index is -1.24. The number of nitrogens with one attached hydrogen (secondary N) is 1. The molecule has 10 nitrogen and oxygen atoms in total. The maximum absolute atomic E-state index is 14.3. The summed E-state index contributed by atoms with van der Waals surface area (Å²) in [5.74, 6) is -1.91. The fourth-order valence-corrected chi connectivity index (χ4v) is 4.73. The Morgan fingerprint density at radius 2 is 1.53 bits per heavy atom. The zero-order valence-corrected chi connectivity index (χ0v) is 21.5. The van der Waals surface area contributed by atoms with Crippen molar-refractivity contribution in [2.75, 3.05) is 17.2 Å². The van der Waals surface area contributed by atoms with Gasteiger partial charge >= 0.3 is 5.69 Å². The fourth-order valence-electron chi connectivity index (χ4n) is 4.73. The van der Waals surface area contributed by atoms with Gasteiger partial charge in [-0.3, -0.25) is 33.6 Å². The summed E-state index contributed by atoms with van der Waals surface area (Å²) in [6.45, 7) is 4.15. The first-order chi connectivity index (χ1) is 18.3. The molecule has 0 fully saturated rings. The quantitative estimate of drug-likeness (QED) is 0.397. The van der Waals surface area contributed by atoms with Crippen molar-refractivity contribution in [3.05, 3.63) is 92.1 Å². The van der Waals surface area contributed by atoms with Crippen molar-refractivity contribution in [1.82, 2.24) is 14.5 Å². The second-order valence-corrected chi connectivity index (χ2v) is 9.22. The SMILES string of the molecule is CCCCN(C(=O)[C@H](Cc1ccccc1)N1C(=O)c2ccccc2C1=O)c1c(N)n(CCC)c(=O)[nH]c1=O. The molecule has 0 saturated heterocycles. The van der Waals surface area contributed by atoms with Gasteiger partial charge in [-0.05, 0) is 30.5 Å². The van der Waals surface area contributed by atoms with Crippen molar-refractivity contribution in [2.24, 2.45) is 0 Å². The number of nitrogens with zero attached hydrogens (tertiary/aromatic N) is 3. The van der Waals surface area contributed by atoms with Crippen molar-refractivity contribution >= 4 is 29.2 Å². The Hall–Kier alpha value is -4.47. The minimum absolute atomic E-state index is 0.0418. The van der Waals surface area contributed by atoms with Crippen LogP contribution in [0.1, 0.15) is 59.4 Å². The molecule has 1 atom stereocenters. The smallest absolute Gasteiger partial charge is 0.330 e.